The zero-order valence-corrected chi connectivity index (χ0v) is 16.0. The third kappa shape index (κ3) is 5.63. The Bertz CT molecular complexity index is 889. The van der Waals surface area contributed by atoms with Gasteiger partial charge in [-0.05, 0) is 32.9 Å². The minimum absolute atomic E-state index is 0.0496. The molecule has 0 saturated carbocycles. The smallest absolute Gasteiger partial charge is 0.307 e. The van der Waals surface area contributed by atoms with Gasteiger partial charge in [0.2, 0.25) is 10.0 Å². The van der Waals surface area contributed by atoms with E-state index < -0.39 is 28.0 Å². The van der Waals surface area contributed by atoms with Crippen LogP contribution in [-0.2, 0) is 24.3 Å². The molecule has 0 aliphatic carbocycles. The van der Waals surface area contributed by atoms with E-state index in [1.165, 1.54) is 20.8 Å². The van der Waals surface area contributed by atoms with Gasteiger partial charge in [0.15, 0.2) is 11.9 Å². The van der Waals surface area contributed by atoms with E-state index in [9.17, 15) is 18.0 Å². The largest absolute Gasteiger partial charge is 0.452 e. The molecule has 1 heterocycles. The van der Waals surface area contributed by atoms with Gasteiger partial charge in [0.05, 0.1) is 6.42 Å². The summed E-state index contributed by atoms with van der Waals surface area (Å²) in [4.78, 5) is 23.8. The van der Waals surface area contributed by atoms with Crippen LogP contribution in [0.5, 0.6) is 0 Å². The number of benzene rings is 1. The van der Waals surface area contributed by atoms with Crippen LogP contribution in [0.25, 0.3) is 0 Å². The van der Waals surface area contributed by atoms with Crippen LogP contribution in [0.2, 0.25) is 0 Å². The van der Waals surface area contributed by atoms with Crippen molar-refractivity contribution in [3.8, 4) is 0 Å². The molecule has 1 atom stereocenters. The summed E-state index contributed by atoms with van der Waals surface area (Å²) < 4.78 is 36.6. The summed E-state index contributed by atoms with van der Waals surface area (Å²) >= 11 is 0. The molecule has 27 heavy (non-hydrogen) atoms. The van der Waals surface area contributed by atoms with Crippen molar-refractivity contribution in [2.24, 2.45) is 0 Å². The maximum Gasteiger partial charge on any atom is 0.307 e. The molecule has 0 saturated heterocycles. The number of nitrogens with zero attached hydrogens (tertiary/aromatic N) is 1. The number of hydrogen-bond donors (Lipinski definition) is 2. The maximum absolute atomic E-state index is 12.2. The number of nitrogens with one attached hydrogen (secondary N) is 2. The molecule has 1 aromatic carbocycles. The Morgan fingerprint density at radius 2 is 1.89 bits per heavy atom. The third-order valence-electron chi connectivity index (χ3n) is 3.58. The summed E-state index contributed by atoms with van der Waals surface area (Å²) in [5, 5.41) is 6.20. The van der Waals surface area contributed by atoms with Crippen LogP contribution in [0.4, 0.5) is 5.69 Å². The number of carbonyl (C=O) groups is 2. The minimum Gasteiger partial charge on any atom is -0.452 e. The average Bonchev–Trinajstić information content (AvgIpc) is 2.94. The van der Waals surface area contributed by atoms with E-state index >= 15 is 0 Å². The van der Waals surface area contributed by atoms with Crippen molar-refractivity contribution in [1.82, 2.24) is 9.88 Å². The zero-order valence-electron chi connectivity index (χ0n) is 15.2. The third-order valence-corrected chi connectivity index (χ3v) is 5.28. The Kier molecular flexibility index (Phi) is 6.70. The first-order chi connectivity index (χ1) is 12.7. The van der Waals surface area contributed by atoms with Gasteiger partial charge in [0.25, 0.3) is 5.91 Å². The summed E-state index contributed by atoms with van der Waals surface area (Å²) in [6, 6.07) is 8.74. The van der Waals surface area contributed by atoms with E-state index in [0.29, 0.717) is 5.69 Å². The summed E-state index contributed by atoms with van der Waals surface area (Å²) in [6.45, 7) is 4.24. The highest BCUT2D eigenvalue weighted by Gasteiger charge is 2.24. The van der Waals surface area contributed by atoms with E-state index in [0.717, 1.165) is 0 Å². The molecule has 0 aliphatic rings. The highest BCUT2D eigenvalue weighted by molar-refractivity contribution is 7.89. The Morgan fingerprint density at radius 1 is 1.22 bits per heavy atom. The second-order valence-electron chi connectivity index (χ2n) is 5.79. The van der Waals surface area contributed by atoms with Crippen LogP contribution in [0.1, 0.15) is 24.8 Å². The average molecular weight is 395 g/mol. The number of aromatic nitrogens is 1. The number of esters is 1. The van der Waals surface area contributed by atoms with Crippen LogP contribution in [0, 0.1) is 13.8 Å². The minimum atomic E-state index is -3.85. The van der Waals surface area contributed by atoms with Gasteiger partial charge in [0.1, 0.15) is 10.6 Å². The first-order valence-electron chi connectivity index (χ1n) is 8.18. The molecule has 9 nitrogen and oxygen atoms in total. The topological polar surface area (TPSA) is 128 Å². The lowest BCUT2D eigenvalue weighted by atomic mass is 10.3. The summed E-state index contributed by atoms with van der Waals surface area (Å²) in [6.07, 6.45) is -1.25. The van der Waals surface area contributed by atoms with E-state index in [1.807, 2.05) is 6.07 Å². The van der Waals surface area contributed by atoms with E-state index in [4.69, 9.17) is 9.26 Å². The fraction of sp³-hybridized carbons (Fsp3) is 0.353. The van der Waals surface area contributed by atoms with Crippen LogP contribution in [-0.4, -0.2) is 38.1 Å². The number of carbonyl (C=O) groups excluding carboxylic acids is 2. The first kappa shape index (κ1) is 20.6. The number of amides is 1. The number of sulfonamides is 1. The molecule has 0 fully saturated rings. The second kappa shape index (κ2) is 8.78. The molecule has 10 heteroatoms. The fourth-order valence-electron chi connectivity index (χ4n) is 2.29. The SMILES string of the molecule is Cc1noc(C)c1S(=O)(=O)NCCC(=O)O[C@@H](C)C(=O)Nc1ccccc1. The van der Waals surface area contributed by atoms with Crippen molar-refractivity contribution in [3.05, 3.63) is 41.8 Å². The Balaban J connectivity index is 1.81. The lowest BCUT2D eigenvalue weighted by molar-refractivity contribution is -0.152. The van der Waals surface area contributed by atoms with E-state index in [-0.39, 0.29) is 29.3 Å². The van der Waals surface area contributed by atoms with Gasteiger partial charge in [-0.2, -0.15) is 0 Å². The van der Waals surface area contributed by atoms with Crippen LogP contribution in [0.3, 0.4) is 0 Å². The molecule has 0 bridgehead atoms. The number of hydrogen-bond acceptors (Lipinski definition) is 7. The number of aryl methyl sites for hydroxylation is 2. The zero-order chi connectivity index (χ0) is 20.0. The second-order valence-corrected chi connectivity index (χ2v) is 7.49. The molecular formula is C17H21N3O6S. The lowest BCUT2D eigenvalue weighted by Crippen LogP contribution is -2.32. The fourth-order valence-corrected chi connectivity index (χ4v) is 3.65. The Morgan fingerprint density at radius 3 is 2.48 bits per heavy atom. The van der Waals surface area contributed by atoms with Gasteiger partial charge >= 0.3 is 5.97 Å². The Labute approximate surface area is 157 Å². The standard InChI is InChI=1S/C17H21N3O6S/c1-11-16(12(2)26-20-11)27(23,24)18-10-9-15(21)25-13(3)17(22)19-14-7-5-4-6-8-14/h4-8,13,18H,9-10H2,1-3H3,(H,19,22)/t13-/m0/s1. The lowest BCUT2D eigenvalue weighted by Gasteiger charge is -2.13. The van der Waals surface area contributed by atoms with Crippen molar-refractivity contribution in [2.75, 3.05) is 11.9 Å². The van der Waals surface area contributed by atoms with Gasteiger partial charge in [-0.1, -0.05) is 23.4 Å². The summed E-state index contributed by atoms with van der Waals surface area (Å²) in [7, 11) is -3.85. The van der Waals surface area contributed by atoms with Gasteiger partial charge in [0, 0.05) is 12.2 Å². The van der Waals surface area contributed by atoms with Crippen LogP contribution < -0.4 is 10.0 Å². The van der Waals surface area contributed by atoms with Crippen molar-refractivity contribution in [2.45, 2.75) is 38.2 Å². The van der Waals surface area contributed by atoms with Crippen molar-refractivity contribution < 1.29 is 27.3 Å². The monoisotopic (exact) mass is 395 g/mol. The van der Waals surface area contributed by atoms with Gasteiger partial charge in [-0.15, -0.1) is 0 Å². The number of para-hydroxylation sites is 1. The van der Waals surface area contributed by atoms with Crippen LogP contribution >= 0.6 is 0 Å². The summed E-state index contributed by atoms with van der Waals surface area (Å²) in [5.41, 5.74) is 0.811. The number of ether oxygens (including phenoxy) is 1. The highest BCUT2D eigenvalue weighted by Crippen LogP contribution is 2.18. The number of rotatable bonds is 8. The van der Waals surface area contributed by atoms with Gasteiger partial charge < -0.3 is 14.6 Å². The van der Waals surface area contributed by atoms with E-state index in [1.54, 1.807) is 24.3 Å². The molecule has 0 radical (unpaired) electrons. The first-order valence-corrected chi connectivity index (χ1v) is 9.67. The molecule has 0 aliphatic heterocycles. The predicted molar refractivity (Wildman–Crippen MR) is 96.4 cm³/mol. The molecule has 0 unspecified atom stereocenters. The van der Waals surface area contributed by atoms with Crippen molar-refractivity contribution in [3.63, 3.8) is 0 Å². The number of anilines is 1. The van der Waals surface area contributed by atoms with Crippen LogP contribution in [0.15, 0.2) is 39.8 Å². The molecule has 2 rings (SSSR count). The van der Waals surface area contributed by atoms with E-state index in [2.05, 4.69) is 15.2 Å². The molecule has 2 aromatic rings. The van der Waals surface area contributed by atoms with Gasteiger partial charge in [-0.25, -0.2) is 13.1 Å². The van der Waals surface area contributed by atoms with Crippen molar-refractivity contribution >= 4 is 27.6 Å². The molecule has 2 N–H and O–H groups in total. The Hall–Kier alpha value is -2.72. The highest BCUT2D eigenvalue weighted by atomic mass is 32.2. The van der Waals surface area contributed by atoms with Gasteiger partial charge in [-0.3, -0.25) is 9.59 Å². The van der Waals surface area contributed by atoms with Crippen molar-refractivity contribution in [1.29, 1.82) is 0 Å². The quantitative estimate of drug-likeness (QED) is 0.649. The molecule has 1 amide bonds. The maximum atomic E-state index is 12.2. The summed E-state index contributed by atoms with van der Waals surface area (Å²) in [5.74, 6) is -1.02. The molecule has 146 valence electrons. The molecular weight excluding hydrogens is 374 g/mol. The molecule has 0 spiro atoms. The predicted octanol–water partition coefficient (Wildman–Crippen LogP) is 1.53. The molecule has 1 aromatic heterocycles. The normalized spacial score (nSPS) is 12.4.